The van der Waals surface area contributed by atoms with Crippen LogP contribution in [0.2, 0.25) is 10.0 Å². The van der Waals surface area contributed by atoms with Crippen LogP contribution in [0, 0.1) is 6.92 Å². The van der Waals surface area contributed by atoms with Crippen molar-refractivity contribution in [2.75, 3.05) is 10.0 Å². The number of nitrogens with one attached hydrogen (secondary N) is 3. The molecule has 0 aliphatic carbocycles. The summed E-state index contributed by atoms with van der Waals surface area (Å²) in [5.74, 6) is -0.756. The predicted octanol–water partition coefficient (Wildman–Crippen LogP) is 3.42. The van der Waals surface area contributed by atoms with E-state index in [4.69, 9.17) is 23.2 Å². The van der Waals surface area contributed by atoms with Gasteiger partial charge in [0.1, 0.15) is 5.69 Å². The lowest BCUT2D eigenvalue weighted by molar-refractivity contribution is 0.102. The molecule has 0 radical (unpaired) electrons. The van der Waals surface area contributed by atoms with Gasteiger partial charge in [-0.25, -0.2) is 13.4 Å². The molecule has 0 aliphatic heterocycles. The number of H-pyrrole nitrogens is 1. The fraction of sp³-hybridized carbons (Fsp3) is 0.0556. The Morgan fingerprint density at radius 1 is 1.10 bits per heavy atom. The Morgan fingerprint density at radius 2 is 1.84 bits per heavy atom. The highest BCUT2D eigenvalue weighted by atomic mass is 35.5. The van der Waals surface area contributed by atoms with Crippen molar-refractivity contribution in [3.63, 3.8) is 0 Å². The average Bonchev–Trinajstić information content (AvgIpc) is 3.20. The number of rotatable bonds is 5. The van der Waals surface area contributed by atoms with Crippen LogP contribution in [0.3, 0.4) is 0 Å². The molecule has 0 fully saturated rings. The summed E-state index contributed by atoms with van der Waals surface area (Å²) in [4.78, 5) is 16.9. The molecule has 0 spiro atoms. The number of hydrogen-bond acceptors (Lipinski definition) is 7. The molecule has 0 aliphatic rings. The standard InChI is InChI=1S/C18H13Cl2N7O3S/c1-9-2-4-11(5-3-9)31(29,30)25-14-8-15(17(28)22-18-23-26-27-24-18)21-13-7-10(19)6-12(20)16(13)14/h2-8H,1H3,(H,21,25)(H2,22,23,24,26,27,28). The number of aromatic nitrogens is 5. The van der Waals surface area contributed by atoms with Gasteiger partial charge in [0, 0.05) is 10.4 Å². The Bertz CT molecular complexity index is 1390. The van der Waals surface area contributed by atoms with Gasteiger partial charge in [-0.15, -0.1) is 5.10 Å². The molecule has 4 aromatic rings. The van der Waals surface area contributed by atoms with Crippen molar-refractivity contribution in [3.05, 3.63) is 63.8 Å². The minimum atomic E-state index is -3.98. The zero-order chi connectivity index (χ0) is 22.2. The fourth-order valence-electron chi connectivity index (χ4n) is 2.78. The molecule has 0 bridgehead atoms. The van der Waals surface area contributed by atoms with Crippen LogP contribution in [0.25, 0.3) is 10.9 Å². The average molecular weight is 478 g/mol. The van der Waals surface area contributed by atoms with Crippen LogP contribution < -0.4 is 10.0 Å². The third-order valence-corrected chi connectivity index (χ3v) is 6.10. The second-order valence-electron chi connectivity index (χ2n) is 6.44. The number of halogens is 2. The normalized spacial score (nSPS) is 11.5. The van der Waals surface area contributed by atoms with Gasteiger partial charge < -0.3 is 0 Å². The van der Waals surface area contributed by atoms with Crippen LogP contribution in [-0.2, 0) is 10.0 Å². The van der Waals surface area contributed by atoms with E-state index in [-0.39, 0.29) is 43.2 Å². The Balaban J connectivity index is 1.82. The number of carbonyl (C=O) groups is 1. The molecule has 10 nitrogen and oxygen atoms in total. The lowest BCUT2D eigenvalue weighted by Crippen LogP contribution is -2.17. The quantitative estimate of drug-likeness (QED) is 0.399. The molecule has 2 heterocycles. The largest absolute Gasteiger partial charge is 0.286 e. The van der Waals surface area contributed by atoms with Crippen molar-refractivity contribution in [2.45, 2.75) is 11.8 Å². The Hall–Kier alpha value is -3.28. The molecule has 158 valence electrons. The number of hydrogen-bond donors (Lipinski definition) is 3. The Kier molecular flexibility index (Phi) is 5.48. The van der Waals surface area contributed by atoms with Crippen molar-refractivity contribution < 1.29 is 13.2 Å². The molecule has 0 saturated carbocycles. The van der Waals surface area contributed by atoms with Gasteiger partial charge in [-0.3, -0.25) is 14.8 Å². The van der Waals surface area contributed by atoms with Crippen molar-refractivity contribution in [1.29, 1.82) is 0 Å². The first-order valence-corrected chi connectivity index (χ1v) is 10.9. The summed E-state index contributed by atoms with van der Waals surface area (Å²) in [7, 11) is -3.98. The van der Waals surface area contributed by atoms with Gasteiger partial charge in [-0.2, -0.15) is 5.21 Å². The fourth-order valence-corrected chi connectivity index (χ4v) is 4.43. The van der Waals surface area contributed by atoms with Crippen LogP contribution >= 0.6 is 23.2 Å². The number of aromatic amines is 1. The van der Waals surface area contributed by atoms with Gasteiger partial charge in [-0.05, 0) is 42.5 Å². The lowest BCUT2D eigenvalue weighted by Gasteiger charge is -2.14. The Labute approximate surface area is 186 Å². The maximum atomic E-state index is 12.9. The molecule has 1 amide bonds. The zero-order valence-corrected chi connectivity index (χ0v) is 18.0. The summed E-state index contributed by atoms with van der Waals surface area (Å²) in [6.45, 7) is 1.85. The summed E-state index contributed by atoms with van der Waals surface area (Å²) in [6, 6.07) is 10.5. The van der Waals surface area contributed by atoms with E-state index in [0.29, 0.717) is 0 Å². The highest BCUT2D eigenvalue weighted by molar-refractivity contribution is 7.92. The maximum Gasteiger partial charge on any atom is 0.276 e. The van der Waals surface area contributed by atoms with Crippen molar-refractivity contribution in [1.82, 2.24) is 25.6 Å². The zero-order valence-electron chi connectivity index (χ0n) is 15.7. The first-order chi connectivity index (χ1) is 14.7. The topological polar surface area (TPSA) is 143 Å². The monoisotopic (exact) mass is 477 g/mol. The summed E-state index contributed by atoms with van der Waals surface area (Å²) >= 11 is 12.4. The van der Waals surface area contributed by atoms with E-state index in [1.807, 2.05) is 6.92 Å². The van der Waals surface area contributed by atoms with E-state index in [1.165, 1.54) is 30.3 Å². The van der Waals surface area contributed by atoms with Crippen LogP contribution in [0.15, 0.2) is 47.4 Å². The van der Waals surface area contributed by atoms with Crippen molar-refractivity contribution >= 4 is 61.7 Å². The highest BCUT2D eigenvalue weighted by Crippen LogP contribution is 2.34. The molecule has 3 N–H and O–H groups in total. The minimum Gasteiger partial charge on any atom is -0.286 e. The predicted molar refractivity (Wildman–Crippen MR) is 116 cm³/mol. The van der Waals surface area contributed by atoms with Crippen molar-refractivity contribution in [3.8, 4) is 0 Å². The molecular weight excluding hydrogens is 465 g/mol. The number of benzene rings is 2. The number of pyridine rings is 1. The van der Waals surface area contributed by atoms with E-state index < -0.39 is 15.9 Å². The van der Waals surface area contributed by atoms with Gasteiger partial charge in [0.15, 0.2) is 0 Å². The molecule has 0 saturated heterocycles. The number of fused-ring (bicyclic) bond motifs is 1. The number of anilines is 2. The second kappa shape index (κ2) is 8.10. The molecule has 13 heteroatoms. The van der Waals surface area contributed by atoms with Gasteiger partial charge in [0.25, 0.3) is 21.9 Å². The number of tetrazole rings is 1. The number of aryl methyl sites for hydroxylation is 1. The first-order valence-electron chi connectivity index (χ1n) is 8.67. The van der Waals surface area contributed by atoms with E-state index in [0.717, 1.165) is 5.56 Å². The molecule has 2 aromatic heterocycles. The van der Waals surface area contributed by atoms with E-state index >= 15 is 0 Å². The Morgan fingerprint density at radius 3 is 2.52 bits per heavy atom. The summed E-state index contributed by atoms with van der Waals surface area (Å²) in [5, 5.41) is 16.0. The minimum absolute atomic E-state index is 0.0472. The third kappa shape index (κ3) is 4.43. The number of nitrogens with zero attached hydrogens (tertiary/aromatic N) is 4. The second-order valence-corrected chi connectivity index (χ2v) is 8.97. The van der Waals surface area contributed by atoms with Gasteiger partial charge in [0.05, 0.1) is 21.1 Å². The van der Waals surface area contributed by atoms with E-state index in [2.05, 4.69) is 35.6 Å². The van der Waals surface area contributed by atoms with E-state index in [9.17, 15) is 13.2 Å². The number of amides is 1. The van der Waals surface area contributed by atoms with Gasteiger partial charge in [-0.1, -0.05) is 46.0 Å². The van der Waals surface area contributed by atoms with Gasteiger partial charge in [0.2, 0.25) is 0 Å². The highest BCUT2D eigenvalue weighted by Gasteiger charge is 2.21. The van der Waals surface area contributed by atoms with Crippen molar-refractivity contribution in [2.24, 2.45) is 0 Å². The van der Waals surface area contributed by atoms with Crippen LogP contribution in [0.1, 0.15) is 16.1 Å². The molecular formula is C18H13Cl2N7O3S. The van der Waals surface area contributed by atoms with Crippen LogP contribution in [0.4, 0.5) is 11.6 Å². The lowest BCUT2D eigenvalue weighted by atomic mass is 10.1. The van der Waals surface area contributed by atoms with Crippen LogP contribution in [-0.4, -0.2) is 39.9 Å². The molecule has 0 unspecified atom stereocenters. The first kappa shape index (κ1) is 21.0. The van der Waals surface area contributed by atoms with E-state index in [1.54, 1.807) is 12.1 Å². The summed E-state index contributed by atoms with van der Waals surface area (Å²) in [5.41, 5.74) is 1.08. The molecule has 0 atom stereocenters. The third-order valence-electron chi connectivity index (χ3n) is 4.20. The SMILES string of the molecule is Cc1ccc(S(=O)(=O)Nc2cc(C(=O)Nc3nn[nH]n3)nc3cc(Cl)cc(Cl)c23)cc1. The molecule has 4 rings (SSSR count). The number of carbonyl (C=O) groups excluding carboxylic acids is 1. The van der Waals surface area contributed by atoms with Gasteiger partial charge >= 0.3 is 0 Å². The number of sulfonamides is 1. The summed E-state index contributed by atoms with van der Waals surface area (Å²) < 4.78 is 28.4. The summed E-state index contributed by atoms with van der Waals surface area (Å²) in [6.07, 6.45) is 0. The molecule has 31 heavy (non-hydrogen) atoms. The van der Waals surface area contributed by atoms with Crippen LogP contribution in [0.5, 0.6) is 0 Å². The smallest absolute Gasteiger partial charge is 0.276 e. The molecule has 2 aromatic carbocycles. The maximum absolute atomic E-state index is 12.9.